The predicted octanol–water partition coefficient (Wildman–Crippen LogP) is 1.27. The fourth-order valence-electron chi connectivity index (χ4n) is 2.43. The van der Waals surface area contributed by atoms with Crippen LogP contribution in [0.15, 0.2) is 0 Å². The van der Waals surface area contributed by atoms with E-state index in [1.54, 1.807) is 0 Å². The summed E-state index contributed by atoms with van der Waals surface area (Å²) in [6.07, 6.45) is 3.38. The summed E-state index contributed by atoms with van der Waals surface area (Å²) in [4.78, 5) is 0. The highest BCUT2D eigenvalue weighted by atomic mass is 16.6. The first kappa shape index (κ1) is 8.48. The van der Waals surface area contributed by atoms with E-state index in [4.69, 9.17) is 4.74 Å². The Morgan fingerprint density at radius 1 is 1.33 bits per heavy atom. The lowest BCUT2D eigenvalue weighted by Crippen LogP contribution is -2.64. The number of nitrogens with zero attached hydrogens (tertiary/aromatic N) is 1. The molecular formula is C9H17NO2. The number of ether oxygens (including phenoxy) is 1. The predicted molar refractivity (Wildman–Crippen MR) is 46.4 cm³/mol. The first-order chi connectivity index (χ1) is 5.73. The number of hydroxylamine groups is 3. The van der Waals surface area contributed by atoms with Crippen LogP contribution in [0.4, 0.5) is 0 Å². The van der Waals surface area contributed by atoms with Gasteiger partial charge in [-0.2, -0.15) is 0 Å². The maximum Gasteiger partial charge on any atom is 0.113 e. The molecular weight excluding hydrogens is 154 g/mol. The first-order valence-electron chi connectivity index (χ1n) is 4.89. The van der Waals surface area contributed by atoms with Crippen molar-refractivity contribution in [1.82, 2.24) is 0 Å². The summed E-state index contributed by atoms with van der Waals surface area (Å²) in [6.45, 7) is 4.17. The third-order valence-electron chi connectivity index (χ3n) is 3.33. The zero-order chi connectivity index (χ0) is 8.60. The van der Waals surface area contributed by atoms with Gasteiger partial charge in [-0.15, -0.1) is 0 Å². The Balaban J connectivity index is 2.14. The second kappa shape index (κ2) is 2.98. The molecule has 3 nitrogen and oxygen atoms in total. The van der Waals surface area contributed by atoms with E-state index in [2.05, 4.69) is 0 Å². The number of morpholine rings is 1. The average molecular weight is 171 g/mol. The molecule has 2 aliphatic rings. The fraction of sp³-hybridized carbons (Fsp3) is 1.00. The molecule has 70 valence electrons. The number of hydrogen-bond acceptors (Lipinski definition) is 2. The second-order valence-electron chi connectivity index (χ2n) is 4.11. The lowest BCUT2D eigenvalue weighted by atomic mass is 9.98. The van der Waals surface area contributed by atoms with Crippen molar-refractivity contribution in [3.8, 4) is 0 Å². The van der Waals surface area contributed by atoms with Crippen molar-refractivity contribution < 1.29 is 9.38 Å². The van der Waals surface area contributed by atoms with Crippen LogP contribution in [0, 0.1) is 5.21 Å². The SMILES string of the molecule is C[C@@H]1COC[C@@H]2CCCC[N+]21[O-]. The maximum atomic E-state index is 12.3. The molecule has 0 saturated carbocycles. The van der Waals surface area contributed by atoms with Crippen LogP contribution in [0.2, 0.25) is 0 Å². The molecule has 0 aliphatic carbocycles. The highest BCUT2D eigenvalue weighted by molar-refractivity contribution is 4.73. The van der Waals surface area contributed by atoms with Gasteiger partial charge in [0.15, 0.2) is 0 Å². The fourth-order valence-corrected chi connectivity index (χ4v) is 2.43. The van der Waals surface area contributed by atoms with Crippen molar-refractivity contribution >= 4 is 0 Å². The standard InChI is InChI=1S/C9H17NO2/c1-8-6-12-7-9-4-2-3-5-10(8,9)11/h8-9H,2-7H2,1H3/t8-,9+,10?/m1/s1. The Morgan fingerprint density at radius 2 is 2.17 bits per heavy atom. The Kier molecular flexibility index (Phi) is 2.10. The minimum atomic E-state index is 0.0278. The van der Waals surface area contributed by atoms with Gasteiger partial charge in [-0.3, -0.25) is 0 Å². The van der Waals surface area contributed by atoms with Crippen LogP contribution in [-0.2, 0) is 4.74 Å². The second-order valence-corrected chi connectivity index (χ2v) is 4.11. The molecule has 2 rings (SSSR count). The van der Waals surface area contributed by atoms with Crippen LogP contribution in [0.3, 0.4) is 0 Å². The molecule has 0 amide bonds. The van der Waals surface area contributed by atoms with Gasteiger partial charge in [0.1, 0.15) is 12.1 Å². The van der Waals surface area contributed by atoms with Gasteiger partial charge in [0.2, 0.25) is 0 Å². The van der Waals surface area contributed by atoms with E-state index in [-0.39, 0.29) is 16.7 Å². The summed E-state index contributed by atoms with van der Waals surface area (Å²) in [7, 11) is 0. The molecule has 0 aromatic heterocycles. The van der Waals surface area contributed by atoms with Crippen LogP contribution in [0.5, 0.6) is 0 Å². The highest BCUT2D eigenvalue weighted by Gasteiger charge is 2.39. The third kappa shape index (κ3) is 1.16. The summed E-state index contributed by atoms with van der Waals surface area (Å²) in [5.41, 5.74) is 0. The van der Waals surface area contributed by atoms with E-state index < -0.39 is 0 Å². The molecule has 3 heteroatoms. The van der Waals surface area contributed by atoms with Crippen molar-refractivity contribution in [3.63, 3.8) is 0 Å². The molecule has 2 heterocycles. The summed E-state index contributed by atoms with van der Waals surface area (Å²) in [6, 6.07) is 0.395. The largest absolute Gasteiger partial charge is 0.632 e. The van der Waals surface area contributed by atoms with Gasteiger partial charge in [0.05, 0.1) is 19.8 Å². The Bertz CT molecular complexity index is 172. The van der Waals surface area contributed by atoms with Gasteiger partial charge in [-0.25, -0.2) is 0 Å². The van der Waals surface area contributed by atoms with Crippen molar-refractivity contribution in [2.45, 2.75) is 38.3 Å². The van der Waals surface area contributed by atoms with E-state index in [1.165, 1.54) is 6.42 Å². The number of fused-ring (bicyclic) bond motifs is 1. The summed E-state index contributed by atoms with van der Waals surface area (Å²) in [5, 5.41) is 12.3. The van der Waals surface area contributed by atoms with Crippen LogP contribution in [-0.4, -0.2) is 36.5 Å². The molecule has 0 N–H and O–H groups in total. The molecule has 0 aromatic rings. The van der Waals surface area contributed by atoms with E-state index in [9.17, 15) is 5.21 Å². The molecule has 2 saturated heterocycles. The zero-order valence-electron chi connectivity index (χ0n) is 7.66. The van der Waals surface area contributed by atoms with E-state index in [1.807, 2.05) is 6.92 Å². The zero-order valence-corrected chi connectivity index (χ0v) is 7.66. The van der Waals surface area contributed by atoms with Crippen molar-refractivity contribution in [1.29, 1.82) is 0 Å². The van der Waals surface area contributed by atoms with Gasteiger partial charge in [0.25, 0.3) is 0 Å². The number of piperidine rings is 1. The summed E-state index contributed by atoms with van der Waals surface area (Å²) < 4.78 is 5.43. The van der Waals surface area contributed by atoms with Gasteiger partial charge in [-0.05, 0) is 19.8 Å². The normalized spacial score (nSPS) is 48.5. The molecule has 0 spiro atoms. The Morgan fingerprint density at radius 3 is 2.92 bits per heavy atom. The first-order valence-corrected chi connectivity index (χ1v) is 4.89. The molecule has 0 bridgehead atoms. The number of quaternary nitrogens is 1. The van der Waals surface area contributed by atoms with Crippen molar-refractivity contribution in [2.24, 2.45) is 0 Å². The average Bonchev–Trinajstić information content (AvgIpc) is 2.07. The Labute approximate surface area is 73.5 Å². The minimum absolute atomic E-state index is 0.0278. The molecule has 2 aliphatic heterocycles. The third-order valence-corrected chi connectivity index (χ3v) is 3.33. The Hall–Kier alpha value is -0.120. The monoisotopic (exact) mass is 171 g/mol. The number of hydrogen-bond donors (Lipinski definition) is 0. The smallest absolute Gasteiger partial charge is 0.113 e. The molecule has 1 unspecified atom stereocenters. The van der Waals surface area contributed by atoms with Gasteiger partial charge in [0, 0.05) is 6.42 Å². The van der Waals surface area contributed by atoms with Crippen LogP contribution >= 0.6 is 0 Å². The van der Waals surface area contributed by atoms with Gasteiger partial charge >= 0.3 is 0 Å². The minimum Gasteiger partial charge on any atom is -0.632 e. The quantitative estimate of drug-likeness (QED) is 0.406. The molecule has 2 fully saturated rings. The maximum absolute atomic E-state index is 12.3. The van der Waals surface area contributed by atoms with Crippen molar-refractivity contribution in [3.05, 3.63) is 5.21 Å². The van der Waals surface area contributed by atoms with Crippen LogP contribution in [0.25, 0.3) is 0 Å². The molecule has 0 radical (unpaired) electrons. The van der Waals surface area contributed by atoms with Crippen molar-refractivity contribution in [2.75, 3.05) is 19.8 Å². The summed E-state index contributed by atoms with van der Waals surface area (Å²) in [5.74, 6) is 0. The van der Waals surface area contributed by atoms with Gasteiger partial charge < -0.3 is 14.6 Å². The lowest BCUT2D eigenvalue weighted by Gasteiger charge is -2.57. The van der Waals surface area contributed by atoms with E-state index in [0.29, 0.717) is 13.2 Å². The van der Waals surface area contributed by atoms with E-state index in [0.717, 1.165) is 19.4 Å². The molecule has 0 aromatic carbocycles. The highest BCUT2D eigenvalue weighted by Crippen LogP contribution is 2.31. The van der Waals surface area contributed by atoms with E-state index >= 15 is 0 Å². The summed E-state index contributed by atoms with van der Waals surface area (Å²) >= 11 is 0. The topological polar surface area (TPSA) is 32.3 Å². The van der Waals surface area contributed by atoms with Crippen LogP contribution < -0.4 is 0 Å². The van der Waals surface area contributed by atoms with Crippen LogP contribution in [0.1, 0.15) is 26.2 Å². The molecule has 12 heavy (non-hydrogen) atoms. The number of rotatable bonds is 0. The molecule has 3 atom stereocenters. The lowest BCUT2D eigenvalue weighted by molar-refractivity contribution is -0.940. The van der Waals surface area contributed by atoms with Gasteiger partial charge in [-0.1, -0.05) is 0 Å².